The summed E-state index contributed by atoms with van der Waals surface area (Å²) in [6.07, 6.45) is 2.34. The highest BCUT2D eigenvalue weighted by Gasteiger charge is 2.41. The summed E-state index contributed by atoms with van der Waals surface area (Å²) in [6, 6.07) is 11.1. The molecule has 13 heteroatoms. The number of carbonyl (C=O) groups is 2. The highest BCUT2D eigenvalue weighted by atomic mass is 32.2. The minimum absolute atomic E-state index is 0.00242. The lowest BCUT2D eigenvalue weighted by Crippen LogP contribution is -2.45. The smallest absolute Gasteiger partial charge is 0.343 e. The topological polar surface area (TPSA) is 148 Å². The van der Waals surface area contributed by atoms with Gasteiger partial charge in [0.2, 0.25) is 20.2 Å². The van der Waals surface area contributed by atoms with Crippen molar-refractivity contribution in [3.8, 4) is 17.2 Å². The number of amidine groups is 3. The van der Waals surface area contributed by atoms with Crippen molar-refractivity contribution in [2.75, 3.05) is 20.0 Å². The Kier molecular flexibility index (Phi) is 6.95. The molecule has 2 heterocycles. The molecule has 0 aromatic heterocycles. The van der Waals surface area contributed by atoms with Gasteiger partial charge in [-0.15, -0.1) is 0 Å². The fourth-order valence-electron chi connectivity index (χ4n) is 3.28. The first-order valence-corrected chi connectivity index (χ1v) is 13.1. The number of aliphatic imine (C=N–C) groups is 1. The van der Waals surface area contributed by atoms with Crippen molar-refractivity contribution < 1.29 is 32.2 Å². The maximum Gasteiger partial charge on any atom is 0.343 e. The molecule has 0 unspecified atom stereocenters. The van der Waals surface area contributed by atoms with Crippen LogP contribution in [0.4, 0.5) is 0 Å². The molecule has 2 aromatic carbocycles. The van der Waals surface area contributed by atoms with Gasteiger partial charge in [-0.1, -0.05) is 12.1 Å². The third-order valence-electron chi connectivity index (χ3n) is 4.91. The van der Waals surface area contributed by atoms with Gasteiger partial charge in [-0.05, 0) is 48.9 Å². The largest absolute Gasteiger partial charge is 0.497 e. The Morgan fingerprint density at radius 1 is 1.19 bits per heavy atom. The number of esters is 1. The number of hydrogen-bond acceptors (Lipinski definition) is 10. The van der Waals surface area contributed by atoms with E-state index in [1.165, 1.54) is 25.3 Å². The van der Waals surface area contributed by atoms with Gasteiger partial charge in [-0.25, -0.2) is 18.1 Å². The lowest BCUT2D eigenvalue weighted by molar-refractivity contribution is -0.114. The molecule has 0 radical (unpaired) electrons. The van der Waals surface area contributed by atoms with Crippen LogP contribution in [0.1, 0.15) is 22.8 Å². The molecule has 4 rings (SSSR count). The quantitative estimate of drug-likeness (QED) is 0.259. The molecule has 1 N–H and O–H groups in total. The first kappa shape index (κ1) is 25.1. The Morgan fingerprint density at radius 2 is 1.97 bits per heavy atom. The molecular formula is C23H20N4O7S2. The second-order valence-electron chi connectivity index (χ2n) is 7.44. The summed E-state index contributed by atoms with van der Waals surface area (Å²) in [6.45, 7) is 2.03. The van der Waals surface area contributed by atoms with Crippen molar-refractivity contribution in [2.45, 2.75) is 6.92 Å². The predicted octanol–water partition coefficient (Wildman–Crippen LogP) is 2.93. The van der Waals surface area contributed by atoms with Crippen LogP contribution in [0.5, 0.6) is 17.2 Å². The van der Waals surface area contributed by atoms with Crippen LogP contribution in [0.2, 0.25) is 0 Å². The predicted molar refractivity (Wildman–Crippen MR) is 135 cm³/mol. The molecule has 0 atom stereocenters. The second kappa shape index (κ2) is 9.95. The highest BCUT2D eigenvalue weighted by Crippen LogP contribution is 2.33. The molecule has 0 aliphatic carbocycles. The Balaban J connectivity index is 1.64. The van der Waals surface area contributed by atoms with Crippen molar-refractivity contribution in [1.29, 1.82) is 5.41 Å². The molecule has 0 spiro atoms. The van der Waals surface area contributed by atoms with Crippen molar-refractivity contribution >= 4 is 55.9 Å². The minimum Gasteiger partial charge on any atom is -0.497 e. The van der Waals surface area contributed by atoms with Gasteiger partial charge in [0.1, 0.15) is 11.6 Å². The first-order chi connectivity index (χ1) is 17.1. The van der Waals surface area contributed by atoms with Gasteiger partial charge in [0.05, 0.1) is 36.8 Å². The van der Waals surface area contributed by atoms with Crippen molar-refractivity contribution in [3.05, 3.63) is 59.2 Å². The summed E-state index contributed by atoms with van der Waals surface area (Å²) in [7, 11) is -2.27. The van der Waals surface area contributed by atoms with E-state index >= 15 is 0 Å². The minimum atomic E-state index is -3.76. The van der Waals surface area contributed by atoms with Gasteiger partial charge in [-0.2, -0.15) is 9.39 Å². The number of sulfone groups is 1. The van der Waals surface area contributed by atoms with E-state index in [0.29, 0.717) is 23.3 Å². The zero-order valence-corrected chi connectivity index (χ0v) is 21.0. The third kappa shape index (κ3) is 5.02. The molecule has 2 aromatic rings. The third-order valence-corrected chi connectivity index (χ3v) is 6.67. The number of nitrogens with one attached hydrogen (secondary N) is 1. The van der Waals surface area contributed by atoms with Gasteiger partial charge < -0.3 is 14.2 Å². The number of amides is 1. The van der Waals surface area contributed by atoms with Crippen LogP contribution in [0.3, 0.4) is 0 Å². The lowest BCUT2D eigenvalue weighted by atomic mass is 10.1. The molecule has 0 saturated carbocycles. The number of methoxy groups -OCH3 is 1. The molecule has 0 saturated heterocycles. The number of hydrogen-bond donors (Lipinski definition) is 1. The molecule has 0 fully saturated rings. The molecule has 186 valence electrons. The summed E-state index contributed by atoms with van der Waals surface area (Å²) in [5, 5.41) is 8.07. The van der Waals surface area contributed by atoms with E-state index in [1.54, 1.807) is 37.3 Å². The summed E-state index contributed by atoms with van der Waals surface area (Å²) in [5.41, 5.74) is 0.585. The molecule has 2 aliphatic rings. The highest BCUT2D eigenvalue weighted by molar-refractivity contribution is 8.16. The van der Waals surface area contributed by atoms with Gasteiger partial charge >= 0.3 is 5.97 Å². The van der Waals surface area contributed by atoms with Crippen LogP contribution in [-0.2, 0) is 14.6 Å². The van der Waals surface area contributed by atoms with Crippen LogP contribution in [0.25, 0.3) is 6.08 Å². The van der Waals surface area contributed by atoms with Crippen LogP contribution >= 0.6 is 11.9 Å². The van der Waals surface area contributed by atoms with E-state index < -0.39 is 21.7 Å². The van der Waals surface area contributed by atoms with E-state index in [0.717, 1.165) is 11.2 Å². The fraction of sp³-hybridized carbons (Fsp3) is 0.174. The summed E-state index contributed by atoms with van der Waals surface area (Å²) >= 11 is 0.714. The van der Waals surface area contributed by atoms with Crippen molar-refractivity contribution in [3.63, 3.8) is 0 Å². The van der Waals surface area contributed by atoms with Crippen LogP contribution in [0, 0.1) is 5.41 Å². The Morgan fingerprint density at radius 3 is 2.67 bits per heavy atom. The second-order valence-corrected chi connectivity index (χ2v) is 10.1. The Labute approximate surface area is 211 Å². The van der Waals surface area contributed by atoms with E-state index in [-0.39, 0.29) is 45.4 Å². The molecule has 2 aliphatic heterocycles. The zero-order valence-electron chi connectivity index (χ0n) is 19.3. The maximum atomic E-state index is 12.6. The van der Waals surface area contributed by atoms with Crippen molar-refractivity contribution in [1.82, 2.24) is 4.90 Å². The van der Waals surface area contributed by atoms with Crippen LogP contribution in [0.15, 0.2) is 57.4 Å². The number of ether oxygens (including phenoxy) is 3. The number of carbonyl (C=O) groups excluding carboxylic acids is 2. The fourth-order valence-corrected chi connectivity index (χ4v) is 5.13. The van der Waals surface area contributed by atoms with Gasteiger partial charge in [0, 0.05) is 6.26 Å². The number of fused-ring (bicyclic) bond motifs is 1. The Bertz CT molecular complexity index is 1480. The lowest BCUT2D eigenvalue weighted by Gasteiger charge is -2.23. The number of benzene rings is 2. The standard InChI is InChI=1S/C23H20N4O7S2/c1-4-33-18-11-13(8-9-17(18)34-21(29)14-6-5-7-15(12-14)32-2)10-16-19(24)27-22(25-20(16)28)35-26-23(27)36(3,30)31/h5-12,24H,4H2,1-3H3. The monoisotopic (exact) mass is 528 g/mol. The number of nitrogens with zero attached hydrogens (tertiary/aromatic N) is 3. The summed E-state index contributed by atoms with van der Waals surface area (Å²) in [5.74, 6) is -0.814. The summed E-state index contributed by atoms with van der Waals surface area (Å²) < 4.78 is 44.2. The van der Waals surface area contributed by atoms with Gasteiger partial charge in [0.15, 0.2) is 11.5 Å². The summed E-state index contributed by atoms with van der Waals surface area (Å²) in [4.78, 5) is 30.1. The average molecular weight is 529 g/mol. The normalized spacial score (nSPS) is 16.4. The molecule has 1 amide bonds. The van der Waals surface area contributed by atoms with Crippen molar-refractivity contribution in [2.24, 2.45) is 9.39 Å². The first-order valence-electron chi connectivity index (χ1n) is 10.4. The average Bonchev–Trinajstić information content (AvgIpc) is 3.28. The van der Waals surface area contributed by atoms with Gasteiger partial charge in [0.25, 0.3) is 5.91 Å². The van der Waals surface area contributed by atoms with E-state index in [4.69, 9.17) is 19.6 Å². The maximum absolute atomic E-state index is 12.6. The van der Waals surface area contributed by atoms with E-state index in [1.807, 2.05) is 0 Å². The van der Waals surface area contributed by atoms with E-state index in [2.05, 4.69) is 9.39 Å². The van der Waals surface area contributed by atoms with Crippen LogP contribution in [-0.4, -0.2) is 61.3 Å². The SMILES string of the molecule is CCOc1cc(C=C2C(=N)N3C(=NC2=O)SN=C3S(C)(=O)=O)ccc1OC(=O)c1cccc(OC)c1. The molecule has 36 heavy (non-hydrogen) atoms. The molecule has 11 nitrogen and oxygen atoms in total. The van der Waals surface area contributed by atoms with E-state index in [9.17, 15) is 18.0 Å². The Hall–Kier alpha value is -3.97. The van der Waals surface area contributed by atoms with Crippen LogP contribution < -0.4 is 14.2 Å². The molecular weight excluding hydrogens is 508 g/mol. The van der Waals surface area contributed by atoms with Gasteiger partial charge in [-0.3, -0.25) is 10.2 Å². The molecule has 0 bridgehead atoms. The number of rotatable bonds is 6. The zero-order chi connectivity index (χ0) is 26.0.